The van der Waals surface area contributed by atoms with E-state index in [1.165, 1.54) is 47.6 Å². The lowest BCUT2D eigenvalue weighted by molar-refractivity contribution is 0.669. The van der Waals surface area contributed by atoms with Crippen molar-refractivity contribution in [2.75, 3.05) is 4.90 Å². The van der Waals surface area contributed by atoms with Crippen LogP contribution >= 0.6 is 11.3 Å². The number of thiophene rings is 1. The molecule has 0 fully saturated rings. The number of nitrogens with zero attached hydrogens (tertiary/aromatic N) is 1. The van der Waals surface area contributed by atoms with Gasteiger partial charge in [-0.25, -0.2) is 0 Å². The molecule has 0 amide bonds. The van der Waals surface area contributed by atoms with Gasteiger partial charge in [-0.2, -0.15) is 0 Å². The van der Waals surface area contributed by atoms with E-state index in [2.05, 4.69) is 193 Å². The summed E-state index contributed by atoms with van der Waals surface area (Å²) in [4.78, 5) is 2.41. The van der Waals surface area contributed by atoms with Crippen LogP contribution in [0.4, 0.5) is 17.1 Å². The van der Waals surface area contributed by atoms with Crippen molar-refractivity contribution in [3.05, 3.63) is 200 Å². The van der Waals surface area contributed by atoms with Gasteiger partial charge in [-0.05, 0) is 105 Å². The van der Waals surface area contributed by atoms with Crippen molar-refractivity contribution in [3.8, 4) is 33.4 Å². The number of hydrogen-bond acceptors (Lipinski definition) is 3. The monoisotopic (exact) mass is 719 g/mol. The Kier molecular flexibility index (Phi) is 7.39. The van der Waals surface area contributed by atoms with Crippen molar-refractivity contribution in [2.45, 2.75) is 0 Å². The summed E-state index contributed by atoms with van der Waals surface area (Å²) in [5.41, 5.74) is 12.1. The Bertz CT molecular complexity index is 3210. The molecule has 0 bridgehead atoms. The highest BCUT2D eigenvalue weighted by Gasteiger charge is 2.21. The predicted molar refractivity (Wildman–Crippen MR) is 235 cm³/mol. The molecule has 0 aliphatic heterocycles. The number of rotatable bonds is 6. The average molecular weight is 720 g/mol. The van der Waals surface area contributed by atoms with Gasteiger partial charge in [0, 0.05) is 47.9 Å². The normalized spacial score (nSPS) is 11.6. The maximum absolute atomic E-state index is 6.30. The maximum Gasteiger partial charge on any atom is 0.135 e. The van der Waals surface area contributed by atoms with Crippen molar-refractivity contribution < 1.29 is 4.42 Å². The van der Waals surface area contributed by atoms with E-state index >= 15 is 0 Å². The van der Waals surface area contributed by atoms with Crippen LogP contribution in [0, 0.1) is 0 Å². The van der Waals surface area contributed by atoms with Crippen molar-refractivity contribution in [3.63, 3.8) is 0 Å². The fraction of sp³-hybridized carbons (Fsp3) is 0. The Labute approximate surface area is 322 Å². The summed E-state index contributed by atoms with van der Waals surface area (Å²) in [6.07, 6.45) is 0. The molecule has 9 aromatic carbocycles. The Balaban J connectivity index is 1.11. The number of anilines is 3. The molecule has 2 heterocycles. The van der Waals surface area contributed by atoms with E-state index in [4.69, 9.17) is 4.42 Å². The topological polar surface area (TPSA) is 16.4 Å². The van der Waals surface area contributed by atoms with E-state index in [-0.39, 0.29) is 0 Å². The van der Waals surface area contributed by atoms with Crippen molar-refractivity contribution in [2.24, 2.45) is 0 Å². The Hall–Kier alpha value is -6.94. The molecule has 55 heavy (non-hydrogen) atoms. The van der Waals surface area contributed by atoms with Gasteiger partial charge >= 0.3 is 0 Å². The smallest absolute Gasteiger partial charge is 0.135 e. The number of para-hydroxylation sites is 1. The summed E-state index contributed by atoms with van der Waals surface area (Å²) < 4.78 is 8.94. The van der Waals surface area contributed by atoms with Gasteiger partial charge < -0.3 is 9.32 Å². The van der Waals surface area contributed by atoms with Crippen LogP contribution in [0.25, 0.3) is 86.3 Å². The molecule has 0 saturated heterocycles. The largest absolute Gasteiger partial charge is 0.456 e. The van der Waals surface area contributed by atoms with E-state index in [0.717, 1.165) is 55.7 Å². The highest BCUT2D eigenvalue weighted by Crippen LogP contribution is 2.45. The zero-order chi connectivity index (χ0) is 36.3. The van der Waals surface area contributed by atoms with Crippen LogP contribution in [0.3, 0.4) is 0 Å². The first kappa shape index (κ1) is 31.6. The molecule has 0 aliphatic rings. The molecule has 0 spiro atoms. The minimum Gasteiger partial charge on any atom is -0.456 e. The summed E-state index contributed by atoms with van der Waals surface area (Å²) >= 11 is 1.86. The minimum absolute atomic E-state index is 0.879. The van der Waals surface area contributed by atoms with E-state index in [1.54, 1.807) is 0 Å². The lowest BCUT2D eigenvalue weighted by Gasteiger charge is -2.29. The summed E-state index contributed by atoms with van der Waals surface area (Å²) in [7, 11) is 0. The first-order valence-corrected chi connectivity index (χ1v) is 19.5. The van der Waals surface area contributed by atoms with Gasteiger partial charge in [0.25, 0.3) is 0 Å². The van der Waals surface area contributed by atoms with Gasteiger partial charge in [0.05, 0.1) is 5.69 Å². The highest BCUT2D eigenvalue weighted by atomic mass is 32.1. The standard InChI is InChI=1S/C52H33NOS/c1-2-11-36(12-3-1)43-27-22-40(38-19-18-34-10-4-5-13-37(34)30-38)32-48(43)53(42-26-28-50-46(33-42)44-14-6-8-16-49(44)54-50)41-24-20-35(21-25-41)39-23-29-52-47(31-39)45-15-7-9-17-51(45)55-52/h1-33H. The predicted octanol–water partition coefficient (Wildman–Crippen LogP) is 15.6. The maximum atomic E-state index is 6.30. The Morgan fingerprint density at radius 3 is 1.87 bits per heavy atom. The Morgan fingerprint density at radius 2 is 0.982 bits per heavy atom. The van der Waals surface area contributed by atoms with E-state index in [0.29, 0.717) is 0 Å². The molecular formula is C52H33NOS. The zero-order valence-electron chi connectivity index (χ0n) is 29.8. The van der Waals surface area contributed by atoms with Crippen LogP contribution in [0.2, 0.25) is 0 Å². The van der Waals surface area contributed by atoms with Crippen LogP contribution in [0.5, 0.6) is 0 Å². The van der Waals surface area contributed by atoms with Crippen LogP contribution in [0.1, 0.15) is 0 Å². The molecule has 0 N–H and O–H groups in total. The number of furan rings is 1. The summed E-state index contributed by atoms with van der Waals surface area (Å²) in [5.74, 6) is 0. The molecule has 258 valence electrons. The highest BCUT2D eigenvalue weighted by molar-refractivity contribution is 7.25. The van der Waals surface area contributed by atoms with Crippen LogP contribution in [-0.4, -0.2) is 0 Å². The molecular weight excluding hydrogens is 687 g/mol. The third-order valence-corrected chi connectivity index (χ3v) is 12.0. The molecule has 11 aromatic rings. The third kappa shape index (κ3) is 5.48. The van der Waals surface area contributed by atoms with Gasteiger partial charge in [0.1, 0.15) is 11.2 Å². The van der Waals surface area contributed by atoms with Crippen LogP contribution in [-0.2, 0) is 0 Å². The van der Waals surface area contributed by atoms with Gasteiger partial charge in [0.15, 0.2) is 0 Å². The van der Waals surface area contributed by atoms with Crippen LogP contribution < -0.4 is 4.90 Å². The number of fused-ring (bicyclic) bond motifs is 7. The quantitative estimate of drug-likeness (QED) is 0.170. The third-order valence-electron chi connectivity index (χ3n) is 10.9. The number of hydrogen-bond donors (Lipinski definition) is 0. The van der Waals surface area contributed by atoms with Crippen molar-refractivity contribution in [1.29, 1.82) is 0 Å². The van der Waals surface area contributed by atoms with Crippen LogP contribution in [0.15, 0.2) is 205 Å². The summed E-state index contributed by atoms with van der Waals surface area (Å²) in [6, 6.07) is 72.4. The lowest BCUT2D eigenvalue weighted by Crippen LogP contribution is -2.11. The van der Waals surface area contributed by atoms with Gasteiger partial charge in [0.2, 0.25) is 0 Å². The van der Waals surface area contributed by atoms with Gasteiger partial charge in [-0.3, -0.25) is 0 Å². The van der Waals surface area contributed by atoms with Crippen molar-refractivity contribution >= 4 is 81.3 Å². The van der Waals surface area contributed by atoms with Crippen molar-refractivity contribution in [1.82, 2.24) is 0 Å². The SMILES string of the molecule is c1ccc(-c2ccc(-c3ccc4ccccc4c3)cc2N(c2ccc(-c3ccc4sc5ccccc5c4c3)cc2)c2ccc3oc4ccccc4c3c2)cc1. The fourth-order valence-electron chi connectivity index (χ4n) is 8.12. The first-order chi connectivity index (χ1) is 27.2. The van der Waals surface area contributed by atoms with Gasteiger partial charge in [-0.15, -0.1) is 11.3 Å². The fourth-order valence-corrected chi connectivity index (χ4v) is 9.20. The molecule has 11 rings (SSSR count). The second-order valence-electron chi connectivity index (χ2n) is 14.1. The summed E-state index contributed by atoms with van der Waals surface area (Å²) in [5, 5.41) is 7.29. The molecule has 0 aliphatic carbocycles. The molecule has 2 aromatic heterocycles. The minimum atomic E-state index is 0.879. The molecule has 0 radical (unpaired) electrons. The molecule has 0 atom stereocenters. The number of benzene rings is 9. The summed E-state index contributed by atoms with van der Waals surface area (Å²) in [6.45, 7) is 0. The molecule has 2 nitrogen and oxygen atoms in total. The zero-order valence-corrected chi connectivity index (χ0v) is 30.6. The van der Waals surface area contributed by atoms with E-state index < -0.39 is 0 Å². The van der Waals surface area contributed by atoms with E-state index in [9.17, 15) is 0 Å². The second kappa shape index (κ2) is 12.9. The molecule has 0 unspecified atom stereocenters. The second-order valence-corrected chi connectivity index (χ2v) is 15.2. The van der Waals surface area contributed by atoms with Gasteiger partial charge in [-0.1, -0.05) is 133 Å². The lowest BCUT2D eigenvalue weighted by atomic mass is 9.95. The Morgan fingerprint density at radius 1 is 0.345 bits per heavy atom. The first-order valence-electron chi connectivity index (χ1n) is 18.7. The molecule has 3 heteroatoms. The molecule has 0 saturated carbocycles. The van der Waals surface area contributed by atoms with E-state index in [1.807, 2.05) is 23.5 Å². The average Bonchev–Trinajstić information content (AvgIpc) is 3.82.